The van der Waals surface area contributed by atoms with Crippen LogP contribution in [0.1, 0.15) is 18.4 Å². The van der Waals surface area contributed by atoms with E-state index in [2.05, 4.69) is 5.32 Å². The first-order valence-electron chi connectivity index (χ1n) is 9.52. The fourth-order valence-corrected chi connectivity index (χ4v) is 6.57. The van der Waals surface area contributed by atoms with E-state index in [9.17, 15) is 34.2 Å². The van der Waals surface area contributed by atoms with Crippen molar-refractivity contribution in [1.82, 2.24) is 10.2 Å². The summed E-state index contributed by atoms with van der Waals surface area (Å²) < 4.78 is 4.93. The summed E-state index contributed by atoms with van der Waals surface area (Å²) in [6.45, 7) is 0.600. The molecule has 0 bridgehead atoms. The minimum absolute atomic E-state index is 0.0449. The van der Waals surface area contributed by atoms with Gasteiger partial charge in [-0.1, -0.05) is 30.3 Å². The van der Waals surface area contributed by atoms with Gasteiger partial charge in [0.2, 0.25) is 5.91 Å². The lowest BCUT2D eigenvalue weighted by molar-refractivity contribution is -0.166. The molecule has 0 aliphatic carbocycles. The number of aliphatic carboxylic acids is 2. The minimum Gasteiger partial charge on any atom is -0.481 e. The summed E-state index contributed by atoms with van der Waals surface area (Å²) >= 11 is 2.21. The van der Waals surface area contributed by atoms with E-state index < -0.39 is 51.3 Å². The Morgan fingerprint density at radius 1 is 1.28 bits per heavy atom. The Labute approximate surface area is 192 Å². The lowest BCUT2D eigenvalue weighted by atomic mass is 9.87. The van der Waals surface area contributed by atoms with Crippen LogP contribution in [0.3, 0.4) is 0 Å². The van der Waals surface area contributed by atoms with Gasteiger partial charge in [-0.3, -0.25) is 24.0 Å². The molecule has 172 valence electrons. The number of fused-ring (bicyclic) bond motifs is 1. The quantitative estimate of drug-likeness (QED) is 0.208. The van der Waals surface area contributed by atoms with Crippen molar-refractivity contribution < 1.29 is 38.9 Å². The van der Waals surface area contributed by atoms with Crippen LogP contribution in [-0.2, 0) is 28.7 Å². The van der Waals surface area contributed by atoms with E-state index in [1.807, 2.05) is 0 Å². The summed E-state index contributed by atoms with van der Waals surface area (Å²) in [6.07, 6.45) is 1.62. The largest absolute Gasteiger partial charge is 0.481 e. The smallest absolute Gasteiger partial charge is 0.320 e. The first-order valence-corrected chi connectivity index (χ1v) is 11.8. The molecule has 12 heteroatoms. The molecule has 32 heavy (non-hydrogen) atoms. The second-order valence-corrected chi connectivity index (χ2v) is 9.69. The normalized spacial score (nSPS) is 27.5. The van der Waals surface area contributed by atoms with Crippen molar-refractivity contribution in [3.8, 4) is 0 Å². The van der Waals surface area contributed by atoms with Crippen LogP contribution in [0.4, 0.5) is 0 Å². The van der Waals surface area contributed by atoms with Crippen LogP contribution in [0.15, 0.2) is 30.3 Å². The van der Waals surface area contributed by atoms with Gasteiger partial charge in [0, 0.05) is 19.2 Å². The molecule has 2 aliphatic heterocycles. The van der Waals surface area contributed by atoms with Gasteiger partial charge < -0.3 is 25.2 Å². The van der Waals surface area contributed by atoms with Crippen LogP contribution >= 0.6 is 23.5 Å². The zero-order valence-corrected chi connectivity index (χ0v) is 18.9. The van der Waals surface area contributed by atoms with Crippen molar-refractivity contribution in [3.63, 3.8) is 0 Å². The molecule has 1 aromatic carbocycles. The van der Waals surface area contributed by atoms with Gasteiger partial charge in [0.05, 0.1) is 0 Å². The van der Waals surface area contributed by atoms with Gasteiger partial charge >= 0.3 is 17.9 Å². The molecule has 4 atom stereocenters. The van der Waals surface area contributed by atoms with Crippen molar-refractivity contribution in [2.24, 2.45) is 5.41 Å². The van der Waals surface area contributed by atoms with Gasteiger partial charge in [0.15, 0.2) is 10.8 Å². The number of amides is 2. The molecule has 0 saturated carbocycles. The Bertz CT molecular complexity index is 958. The number of nitrogens with zero attached hydrogens (tertiary/aromatic N) is 1. The van der Waals surface area contributed by atoms with Crippen LogP contribution in [0.5, 0.6) is 0 Å². The molecule has 0 radical (unpaired) electrons. The number of carbonyl (C=O) groups is 5. The second-order valence-electron chi connectivity index (χ2n) is 7.57. The van der Waals surface area contributed by atoms with Crippen LogP contribution in [0.2, 0.25) is 0 Å². The average molecular weight is 483 g/mol. The number of carboxylic acid groups (broad SMARTS) is 2. The third-order valence-corrected chi connectivity index (χ3v) is 8.41. The maximum atomic E-state index is 13.1. The van der Waals surface area contributed by atoms with Crippen molar-refractivity contribution in [2.45, 2.75) is 23.1 Å². The Balaban J connectivity index is 1.81. The highest BCUT2D eigenvalue weighted by Crippen LogP contribution is 2.51. The fourth-order valence-electron chi connectivity index (χ4n) is 3.73. The summed E-state index contributed by atoms with van der Waals surface area (Å²) in [7, 11) is 0. The van der Waals surface area contributed by atoms with Crippen LogP contribution in [0.25, 0.3) is 0 Å². The average Bonchev–Trinajstić information content (AvgIpc) is 2.76. The van der Waals surface area contributed by atoms with Gasteiger partial charge in [-0.05, 0) is 11.8 Å². The van der Waals surface area contributed by atoms with Crippen LogP contribution < -0.4 is 5.32 Å². The molecule has 0 spiro atoms. The molecule has 2 aliphatic rings. The first kappa shape index (κ1) is 23.9. The molecule has 2 heterocycles. The third-order valence-electron chi connectivity index (χ3n) is 5.48. The predicted molar refractivity (Wildman–Crippen MR) is 116 cm³/mol. The Morgan fingerprint density at radius 3 is 2.47 bits per heavy atom. The molecule has 2 saturated heterocycles. The Hall–Kier alpha value is -2.73. The number of esters is 1. The number of benzene rings is 1. The number of β-lactam (4-membered cyclic amide) rings is 1. The maximum Gasteiger partial charge on any atom is 0.320 e. The lowest BCUT2D eigenvalue weighted by Gasteiger charge is -2.59. The van der Waals surface area contributed by atoms with Gasteiger partial charge in [-0.2, -0.15) is 0 Å². The fraction of sp³-hybridized carbons (Fsp3) is 0.450. The number of hydrogen-bond acceptors (Lipinski definition) is 8. The summed E-state index contributed by atoms with van der Waals surface area (Å²) in [5, 5.41) is 21.4. The molecule has 10 nitrogen and oxygen atoms in total. The second kappa shape index (κ2) is 9.02. The van der Waals surface area contributed by atoms with Crippen molar-refractivity contribution in [1.29, 1.82) is 0 Å². The highest BCUT2D eigenvalue weighted by atomic mass is 32.2. The third kappa shape index (κ3) is 4.04. The number of thioether (sulfide) groups is 2. The van der Waals surface area contributed by atoms with E-state index in [1.54, 1.807) is 24.5 Å². The van der Waals surface area contributed by atoms with E-state index in [0.717, 1.165) is 23.5 Å². The van der Waals surface area contributed by atoms with Crippen molar-refractivity contribution in [2.75, 3.05) is 25.2 Å². The van der Waals surface area contributed by atoms with Gasteiger partial charge in [0.25, 0.3) is 5.91 Å². The zero-order chi connectivity index (χ0) is 23.7. The Morgan fingerprint density at radius 2 is 1.94 bits per heavy atom. The molecule has 2 amide bonds. The first-order chi connectivity index (χ1) is 15.1. The van der Waals surface area contributed by atoms with Gasteiger partial charge in [0.1, 0.15) is 17.4 Å². The lowest BCUT2D eigenvalue weighted by Crippen LogP contribution is -2.80. The molecule has 3 N–H and O–H groups in total. The van der Waals surface area contributed by atoms with Crippen molar-refractivity contribution >= 4 is 53.2 Å². The number of ether oxygens (including phenoxy) is 1. The topological polar surface area (TPSA) is 150 Å². The maximum absolute atomic E-state index is 13.1. The monoisotopic (exact) mass is 482 g/mol. The SMILES string of the molecule is CSC1(NC(=O)C(C(=O)O)c2ccccc2)C(=O)N2CC(COC(C)=O)(C(=O)O)CS[C@@H]21. The summed E-state index contributed by atoms with van der Waals surface area (Å²) in [6, 6.07) is 7.96. The molecule has 3 rings (SSSR count). The number of rotatable bonds is 8. The summed E-state index contributed by atoms with van der Waals surface area (Å²) in [5.41, 5.74) is -1.19. The highest BCUT2D eigenvalue weighted by Gasteiger charge is 2.67. The van der Waals surface area contributed by atoms with Gasteiger partial charge in [-0.15, -0.1) is 23.5 Å². The molecule has 0 aromatic heterocycles. The number of nitrogens with one attached hydrogen (secondary N) is 1. The van der Waals surface area contributed by atoms with E-state index in [1.165, 1.54) is 24.0 Å². The zero-order valence-electron chi connectivity index (χ0n) is 17.3. The van der Waals surface area contributed by atoms with Crippen LogP contribution in [0, 0.1) is 5.41 Å². The molecule has 3 unspecified atom stereocenters. The highest BCUT2D eigenvalue weighted by molar-refractivity contribution is 8.04. The van der Waals surface area contributed by atoms with E-state index >= 15 is 0 Å². The Kier molecular flexibility index (Phi) is 6.75. The molecule has 2 fully saturated rings. The number of carboxylic acids is 2. The van der Waals surface area contributed by atoms with E-state index in [0.29, 0.717) is 0 Å². The predicted octanol–water partition coefficient (Wildman–Crippen LogP) is 0.580. The van der Waals surface area contributed by atoms with E-state index in [-0.39, 0.29) is 24.5 Å². The number of hydrogen-bond donors (Lipinski definition) is 3. The van der Waals surface area contributed by atoms with Gasteiger partial charge in [-0.25, -0.2) is 0 Å². The standard InChI is InChI=1S/C20H22N2O8S2/c1-11(23)30-9-19(18(28)29)8-22-16(27)20(31-2,17(22)32-10-19)21-14(24)13(15(25)26)12-6-4-3-5-7-12/h3-7,13,17H,8-10H2,1-2H3,(H,21,24)(H,25,26)(H,28,29)/t13?,17-,19?,20?/m1/s1. The van der Waals surface area contributed by atoms with Crippen molar-refractivity contribution in [3.05, 3.63) is 35.9 Å². The molecule has 1 aromatic rings. The molecular formula is C20H22N2O8S2. The van der Waals surface area contributed by atoms with E-state index in [4.69, 9.17) is 4.74 Å². The van der Waals surface area contributed by atoms with Crippen LogP contribution in [-0.4, -0.2) is 80.2 Å². The summed E-state index contributed by atoms with van der Waals surface area (Å²) in [5.74, 6) is -5.99. The molecular weight excluding hydrogens is 460 g/mol. The summed E-state index contributed by atoms with van der Waals surface area (Å²) in [4.78, 5) is 60.8. The minimum atomic E-state index is -1.50. The number of carbonyl (C=O) groups excluding carboxylic acids is 3.